The Morgan fingerprint density at radius 3 is 2.44 bits per heavy atom. The molecule has 1 unspecified atom stereocenters. The van der Waals surface area contributed by atoms with Crippen LogP contribution in [0.3, 0.4) is 0 Å². The summed E-state index contributed by atoms with van der Waals surface area (Å²) in [7, 11) is 0. The maximum Gasteiger partial charge on any atom is 0.0898 e. The average molecular weight is 260 g/mol. The summed E-state index contributed by atoms with van der Waals surface area (Å²) in [5.41, 5.74) is 3.80. The molecule has 0 amide bonds. The number of benzene rings is 1. The number of aryl methyl sites for hydroxylation is 2. The number of nitrogens with zero attached hydrogens (tertiary/aromatic N) is 1. The van der Waals surface area contributed by atoms with Crippen LogP contribution in [0.2, 0.25) is 0 Å². The fraction of sp³-hybridized carbons (Fsp3) is 0.400. The largest absolute Gasteiger partial charge is 0.305 e. The molecule has 1 aromatic heterocycles. The molecule has 1 heterocycles. The highest BCUT2D eigenvalue weighted by atomic mass is 32.1. The third-order valence-corrected chi connectivity index (χ3v) is 3.85. The summed E-state index contributed by atoms with van der Waals surface area (Å²) in [6.07, 6.45) is 1.09. The van der Waals surface area contributed by atoms with Crippen LogP contribution in [0, 0.1) is 6.92 Å². The van der Waals surface area contributed by atoms with Crippen LogP contribution in [0.1, 0.15) is 41.7 Å². The highest BCUT2D eigenvalue weighted by Crippen LogP contribution is 2.23. The van der Waals surface area contributed by atoms with Crippen LogP contribution in [-0.2, 0) is 6.42 Å². The molecular weight excluding hydrogens is 240 g/mol. The van der Waals surface area contributed by atoms with E-state index in [1.54, 1.807) is 11.3 Å². The Bertz CT molecular complexity index is 487. The molecule has 2 nitrogen and oxygen atoms in total. The van der Waals surface area contributed by atoms with Crippen LogP contribution < -0.4 is 5.32 Å². The van der Waals surface area contributed by atoms with Crippen LogP contribution in [0.15, 0.2) is 29.6 Å². The Morgan fingerprint density at radius 2 is 1.94 bits per heavy atom. The maximum atomic E-state index is 4.60. The molecule has 0 saturated heterocycles. The van der Waals surface area contributed by atoms with Crippen molar-refractivity contribution in [1.82, 2.24) is 10.3 Å². The highest BCUT2D eigenvalue weighted by molar-refractivity contribution is 7.09. The molecule has 1 atom stereocenters. The van der Waals surface area contributed by atoms with Gasteiger partial charge >= 0.3 is 0 Å². The smallest absolute Gasteiger partial charge is 0.0898 e. The zero-order valence-electron chi connectivity index (χ0n) is 11.2. The van der Waals surface area contributed by atoms with Crippen molar-refractivity contribution in [3.05, 3.63) is 51.5 Å². The molecular formula is C15H20N2S. The predicted molar refractivity (Wildman–Crippen MR) is 78.2 cm³/mol. The van der Waals surface area contributed by atoms with Crippen molar-refractivity contribution in [2.75, 3.05) is 6.54 Å². The van der Waals surface area contributed by atoms with Gasteiger partial charge in [-0.05, 0) is 31.0 Å². The molecule has 1 aromatic carbocycles. The Morgan fingerprint density at radius 1 is 1.22 bits per heavy atom. The van der Waals surface area contributed by atoms with Crippen LogP contribution in [-0.4, -0.2) is 11.5 Å². The van der Waals surface area contributed by atoms with E-state index in [9.17, 15) is 0 Å². The van der Waals surface area contributed by atoms with Gasteiger partial charge in [-0.15, -0.1) is 11.3 Å². The van der Waals surface area contributed by atoms with E-state index in [1.807, 2.05) is 0 Å². The van der Waals surface area contributed by atoms with E-state index in [4.69, 9.17) is 0 Å². The quantitative estimate of drug-likeness (QED) is 0.886. The Hall–Kier alpha value is -1.19. The number of hydrogen-bond acceptors (Lipinski definition) is 3. The molecule has 3 heteroatoms. The van der Waals surface area contributed by atoms with E-state index in [2.05, 4.69) is 60.7 Å². The third-order valence-electron chi connectivity index (χ3n) is 3.06. The lowest BCUT2D eigenvalue weighted by atomic mass is 10.0. The second kappa shape index (κ2) is 6.12. The first kappa shape index (κ1) is 13.2. The maximum absolute atomic E-state index is 4.60. The summed E-state index contributed by atoms with van der Waals surface area (Å²) in [4.78, 5) is 4.60. The lowest BCUT2D eigenvalue weighted by Gasteiger charge is -2.16. The van der Waals surface area contributed by atoms with Crippen molar-refractivity contribution < 1.29 is 0 Å². The first-order chi connectivity index (χ1) is 8.74. The van der Waals surface area contributed by atoms with Crippen molar-refractivity contribution in [3.63, 3.8) is 0 Å². The van der Waals surface area contributed by atoms with Gasteiger partial charge in [-0.2, -0.15) is 0 Å². The van der Waals surface area contributed by atoms with Gasteiger partial charge in [-0.3, -0.25) is 0 Å². The van der Waals surface area contributed by atoms with Gasteiger partial charge in [0, 0.05) is 5.38 Å². The molecule has 0 spiro atoms. The van der Waals surface area contributed by atoms with E-state index in [-0.39, 0.29) is 6.04 Å². The minimum atomic E-state index is 0.214. The fourth-order valence-corrected chi connectivity index (χ4v) is 2.69. The molecule has 0 bridgehead atoms. The Balaban J connectivity index is 2.28. The molecule has 0 aliphatic heterocycles. The molecule has 0 saturated carbocycles. The van der Waals surface area contributed by atoms with Gasteiger partial charge in [0.05, 0.1) is 16.7 Å². The zero-order valence-corrected chi connectivity index (χ0v) is 12.1. The van der Waals surface area contributed by atoms with E-state index < -0.39 is 0 Å². The van der Waals surface area contributed by atoms with E-state index in [1.165, 1.54) is 11.1 Å². The number of hydrogen-bond donors (Lipinski definition) is 1. The minimum absolute atomic E-state index is 0.214. The van der Waals surface area contributed by atoms with Gasteiger partial charge in [0.25, 0.3) is 0 Å². The lowest BCUT2D eigenvalue weighted by Crippen LogP contribution is -2.22. The molecule has 0 aliphatic carbocycles. The Kier molecular flexibility index (Phi) is 4.50. The van der Waals surface area contributed by atoms with Crippen LogP contribution >= 0.6 is 11.3 Å². The fourth-order valence-electron chi connectivity index (χ4n) is 2.06. The summed E-state index contributed by atoms with van der Waals surface area (Å²) in [5, 5.41) is 6.78. The summed E-state index contributed by atoms with van der Waals surface area (Å²) < 4.78 is 0. The number of thiazole rings is 1. The molecule has 0 radical (unpaired) electrons. The van der Waals surface area contributed by atoms with Crippen molar-refractivity contribution in [3.8, 4) is 0 Å². The van der Waals surface area contributed by atoms with Gasteiger partial charge in [-0.25, -0.2) is 4.98 Å². The first-order valence-corrected chi connectivity index (χ1v) is 7.36. The Labute approximate surface area is 113 Å². The SMILES string of the molecule is CCNC(c1ccc(CC)cc1)c1csc(C)n1. The minimum Gasteiger partial charge on any atom is -0.305 e. The van der Waals surface area contributed by atoms with Crippen LogP contribution in [0.25, 0.3) is 0 Å². The molecule has 1 N–H and O–H groups in total. The zero-order chi connectivity index (χ0) is 13.0. The van der Waals surface area contributed by atoms with Crippen LogP contribution in [0.5, 0.6) is 0 Å². The van der Waals surface area contributed by atoms with E-state index >= 15 is 0 Å². The summed E-state index contributed by atoms with van der Waals surface area (Å²) in [5.74, 6) is 0. The predicted octanol–water partition coefficient (Wildman–Crippen LogP) is 3.71. The molecule has 2 rings (SSSR count). The number of aromatic nitrogens is 1. The topological polar surface area (TPSA) is 24.9 Å². The van der Waals surface area contributed by atoms with Crippen molar-refractivity contribution in [2.45, 2.75) is 33.2 Å². The molecule has 0 fully saturated rings. The van der Waals surface area contributed by atoms with Gasteiger partial charge in [0.2, 0.25) is 0 Å². The lowest BCUT2D eigenvalue weighted by molar-refractivity contribution is 0.617. The van der Waals surface area contributed by atoms with Crippen LogP contribution in [0.4, 0.5) is 0 Å². The second-order valence-electron chi connectivity index (χ2n) is 4.38. The highest BCUT2D eigenvalue weighted by Gasteiger charge is 2.15. The van der Waals surface area contributed by atoms with Gasteiger partial charge in [-0.1, -0.05) is 38.1 Å². The van der Waals surface area contributed by atoms with E-state index in [0.717, 1.165) is 23.7 Å². The van der Waals surface area contributed by atoms with Gasteiger partial charge in [0.15, 0.2) is 0 Å². The third kappa shape index (κ3) is 2.98. The normalized spacial score (nSPS) is 12.6. The first-order valence-electron chi connectivity index (χ1n) is 6.48. The molecule has 0 aliphatic rings. The van der Waals surface area contributed by atoms with Gasteiger partial charge < -0.3 is 5.32 Å². The molecule has 96 valence electrons. The van der Waals surface area contributed by atoms with Crippen molar-refractivity contribution >= 4 is 11.3 Å². The monoisotopic (exact) mass is 260 g/mol. The summed E-state index contributed by atoms with van der Waals surface area (Å²) in [6.45, 7) is 7.31. The second-order valence-corrected chi connectivity index (χ2v) is 5.44. The van der Waals surface area contributed by atoms with E-state index in [0.29, 0.717) is 0 Å². The standard InChI is InChI=1S/C15H20N2S/c1-4-12-6-8-13(9-7-12)15(16-5-2)14-10-18-11(3)17-14/h6-10,15-16H,4-5H2,1-3H3. The number of nitrogens with one attached hydrogen (secondary N) is 1. The molecule has 2 aromatic rings. The number of rotatable bonds is 5. The molecule has 18 heavy (non-hydrogen) atoms. The summed E-state index contributed by atoms with van der Waals surface area (Å²) in [6, 6.07) is 9.05. The average Bonchev–Trinajstić information content (AvgIpc) is 2.82. The van der Waals surface area contributed by atoms with Gasteiger partial charge in [0.1, 0.15) is 0 Å². The van der Waals surface area contributed by atoms with Crippen molar-refractivity contribution in [1.29, 1.82) is 0 Å². The summed E-state index contributed by atoms with van der Waals surface area (Å²) >= 11 is 1.71. The van der Waals surface area contributed by atoms with Crippen molar-refractivity contribution in [2.24, 2.45) is 0 Å².